The van der Waals surface area contributed by atoms with Crippen molar-refractivity contribution >= 4 is 11.8 Å². The van der Waals surface area contributed by atoms with Crippen LogP contribution in [0.25, 0.3) is 0 Å². The van der Waals surface area contributed by atoms with Gasteiger partial charge in [0.1, 0.15) is 5.69 Å². The first kappa shape index (κ1) is 16.7. The molecule has 0 spiro atoms. The highest BCUT2D eigenvalue weighted by molar-refractivity contribution is 5.62. The molecule has 5 heteroatoms. The van der Waals surface area contributed by atoms with E-state index in [4.69, 9.17) is 11.5 Å². The number of nitrogen functional groups attached to an aromatic ring is 2. The summed E-state index contributed by atoms with van der Waals surface area (Å²) in [6.45, 7) is 0. The van der Waals surface area contributed by atoms with E-state index >= 15 is 0 Å². The second-order valence-corrected chi connectivity index (χ2v) is 6.25. The average Bonchev–Trinajstić information content (AvgIpc) is 2.72. The van der Waals surface area contributed by atoms with E-state index in [2.05, 4.69) is 51.6 Å². The van der Waals surface area contributed by atoms with Gasteiger partial charge in [0.2, 0.25) is 5.95 Å². The zero-order valence-electron chi connectivity index (χ0n) is 14.7. The third kappa shape index (κ3) is 2.79. The molecule has 0 fully saturated rings. The van der Waals surface area contributed by atoms with E-state index in [1.165, 1.54) is 0 Å². The lowest BCUT2D eigenvalue weighted by Gasteiger charge is -2.35. The summed E-state index contributed by atoms with van der Waals surface area (Å²) in [6, 6.07) is 30.4. The Kier molecular flexibility index (Phi) is 4.26. The predicted octanol–water partition coefficient (Wildman–Crippen LogP) is 3.42. The average molecular weight is 353 g/mol. The van der Waals surface area contributed by atoms with Crippen LogP contribution in [-0.4, -0.2) is 15.2 Å². The lowest BCUT2D eigenvalue weighted by atomic mass is 9.67. The van der Waals surface area contributed by atoms with E-state index in [1.807, 2.05) is 54.6 Å². The summed E-state index contributed by atoms with van der Waals surface area (Å²) in [5.74, 6) is 0.318. The Morgan fingerprint density at radius 2 is 0.963 bits per heavy atom. The van der Waals surface area contributed by atoms with Gasteiger partial charge < -0.3 is 11.5 Å². The summed E-state index contributed by atoms with van der Waals surface area (Å²) in [6.07, 6.45) is 0. The molecule has 0 bridgehead atoms. The molecule has 1 aromatic heterocycles. The lowest BCUT2D eigenvalue weighted by Crippen LogP contribution is -2.34. The van der Waals surface area contributed by atoms with Crippen LogP contribution in [0.4, 0.5) is 11.8 Å². The minimum Gasteiger partial charge on any atom is -0.382 e. The number of hydrogen-bond donors (Lipinski definition) is 2. The van der Waals surface area contributed by atoms with Crippen LogP contribution >= 0.6 is 0 Å². The maximum absolute atomic E-state index is 6.33. The maximum Gasteiger partial charge on any atom is 0.242 e. The molecule has 0 atom stereocenters. The molecular weight excluding hydrogens is 334 g/mol. The Morgan fingerprint density at radius 3 is 1.33 bits per heavy atom. The molecule has 4 aromatic rings. The molecule has 4 rings (SSSR count). The molecule has 0 unspecified atom stereocenters. The van der Waals surface area contributed by atoms with Crippen LogP contribution in [0.1, 0.15) is 22.4 Å². The van der Waals surface area contributed by atoms with Crippen molar-refractivity contribution in [1.29, 1.82) is 0 Å². The maximum atomic E-state index is 6.33. The van der Waals surface area contributed by atoms with Gasteiger partial charge in [0.25, 0.3) is 0 Å². The topological polar surface area (TPSA) is 90.7 Å². The van der Waals surface area contributed by atoms with Crippen LogP contribution in [-0.2, 0) is 5.41 Å². The normalized spacial score (nSPS) is 11.3. The van der Waals surface area contributed by atoms with Gasteiger partial charge in [-0.1, -0.05) is 91.0 Å². The van der Waals surface area contributed by atoms with Gasteiger partial charge in [-0.05, 0) is 16.7 Å². The first-order chi connectivity index (χ1) is 13.2. The molecule has 0 aliphatic rings. The van der Waals surface area contributed by atoms with Gasteiger partial charge in [-0.3, -0.25) is 0 Å². The van der Waals surface area contributed by atoms with Gasteiger partial charge in [0.05, 0.1) is 5.41 Å². The van der Waals surface area contributed by atoms with Gasteiger partial charge in [0.15, 0.2) is 5.82 Å². The molecule has 0 amide bonds. The van der Waals surface area contributed by atoms with Crippen molar-refractivity contribution in [3.8, 4) is 0 Å². The highest BCUT2D eigenvalue weighted by atomic mass is 15.2. The molecule has 0 saturated carbocycles. The minimum atomic E-state index is -0.762. The van der Waals surface area contributed by atoms with Crippen LogP contribution in [0.15, 0.2) is 91.0 Å². The number of anilines is 2. The summed E-state index contributed by atoms with van der Waals surface area (Å²) in [7, 11) is 0. The molecule has 132 valence electrons. The van der Waals surface area contributed by atoms with E-state index in [9.17, 15) is 0 Å². The summed E-state index contributed by atoms with van der Waals surface area (Å²) >= 11 is 0. The van der Waals surface area contributed by atoms with Crippen molar-refractivity contribution in [3.05, 3.63) is 113 Å². The van der Waals surface area contributed by atoms with E-state index in [0.717, 1.165) is 16.7 Å². The van der Waals surface area contributed by atoms with Crippen molar-refractivity contribution in [2.45, 2.75) is 5.41 Å². The first-order valence-electron chi connectivity index (χ1n) is 8.65. The van der Waals surface area contributed by atoms with E-state index in [0.29, 0.717) is 5.69 Å². The second kappa shape index (κ2) is 6.88. The molecule has 1 heterocycles. The van der Waals surface area contributed by atoms with Crippen molar-refractivity contribution in [2.24, 2.45) is 0 Å². The molecule has 0 aliphatic heterocycles. The van der Waals surface area contributed by atoms with Gasteiger partial charge in [-0.25, -0.2) is 0 Å². The Hall–Kier alpha value is -3.73. The lowest BCUT2D eigenvalue weighted by molar-refractivity contribution is 0.690. The molecule has 5 nitrogen and oxygen atoms in total. The quantitative estimate of drug-likeness (QED) is 0.549. The number of hydrogen-bond acceptors (Lipinski definition) is 5. The Balaban J connectivity index is 2.16. The Morgan fingerprint density at radius 1 is 0.556 bits per heavy atom. The molecule has 0 radical (unpaired) electrons. The number of rotatable bonds is 4. The van der Waals surface area contributed by atoms with Crippen LogP contribution in [0.5, 0.6) is 0 Å². The predicted molar refractivity (Wildman–Crippen MR) is 107 cm³/mol. The van der Waals surface area contributed by atoms with E-state index < -0.39 is 5.41 Å². The largest absolute Gasteiger partial charge is 0.382 e. The van der Waals surface area contributed by atoms with Crippen LogP contribution in [0.3, 0.4) is 0 Å². The Labute approximate surface area is 157 Å². The molecule has 4 N–H and O–H groups in total. The molecular formula is C22H19N5. The van der Waals surface area contributed by atoms with Crippen molar-refractivity contribution in [3.63, 3.8) is 0 Å². The Bertz CT molecular complexity index is 937. The second-order valence-electron chi connectivity index (χ2n) is 6.25. The molecule has 0 aliphatic carbocycles. The summed E-state index contributed by atoms with van der Waals surface area (Å²) < 4.78 is 0. The van der Waals surface area contributed by atoms with Crippen LogP contribution in [0.2, 0.25) is 0 Å². The monoisotopic (exact) mass is 353 g/mol. The van der Waals surface area contributed by atoms with Crippen molar-refractivity contribution in [1.82, 2.24) is 15.2 Å². The van der Waals surface area contributed by atoms with Crippen molar-refractivity contribution < 1.29 is 0 Å². The van der Waals surface area contributed by atoms with Gasteiger partial charge in [0, 0.05) is 0 Å². The van der Waals surface area contributed by atoms with E-state index in [1.54, 1.807) is 0 Å². The fourth-order valence-electron chi connectivity index (χ4n) is 3.59. The molecule has 27 heavy (non-hydrogen) atoms. The highest BCUT2D eigenvalue weighted by Crippen LogP contribution is 2.45. The summed E-state index contributed by atoms with van der Waals surface area (Å²) in [5, 5.41) is 8.44. The third-order valence-electron chi connectivity index (χ3n) is 4.71. The number of nitrogens with two attached hydrogens (primary N) is 2. The fourth-order valence-corrected chi connectivity index (χ4v) is 3.59. The van der Waals surface area contributed by atoms with Crippen molar-refractivity contribution in [2.75, 3.05) is 11.5 Å². The van der Waals surface area contributed by atoms with Gasteiger partial charge in [-0.2, -0.15) is 4.98 Å². The zero-order chi connectivity index (χ0) is 18.7. The number of aromatic nitrogens is 3. The van der Waals surface area contributed by atoms with Crippen LogP contribution < -0.4 is 11.5 Å². The standard InChI is InChI=1S/C22H19N5/c23-20-19(26-27-21(24)25-20)22(16-10-4-1-5-11-16,17-12-6-2-7-13-17)18-14-8-3-9-15-18/h1-15H,(H4,23,24,25,27). The first-order valence-corrected chi connectivity index (χ1v) is 8.65. The molecule has 0 saturated heterocycles. The summed E-state index contributed by atoms with van der Waals surface area (Å²) in [4.78, 5) is 4.20. The van der Waals surface area contributed by atoms with Gasteiger partial charge in [-0.15, -0.1) is 10.2 Å². The fraction of sp³-hybridized carbons (Fsp3) is 0.0455. The van der Waals surface area contributed by atoms with E-state index in [-0.39, 0.29) is 11.8 Å². The smallest absolute Gasteiger partial charge is 0.242 e. The highest BCUT2D eigenvalue weighted by Gasteiger charge is 2.42. The third-order valence-corrected chi connectivity index (χ3v) is 4.71. The number of nitrogens with zero attached hydrogens (tertiary/aromatic N) is 3. The molecule has 3 aromatic carbocycles. The SMILES string of the molecule is Nc1nnc(C(c2ccccc2)(c2ccccc2)c2ccccc2)c(N)n1. The number of benzene rings is 3. The minimum absolute atomic E-state index is 0.0549. The van der Waals surface area contributed by atoms with Crippen LogP contribution in [0, 0.1) is 0 Å². The summed E-state index contributed by atoms with van der Waals surface area (Å²) in [5.41, 5.74) is 14.9. The zero-order valence-corrected chi connectivity index (χ0v) is 14.7. The van der Waals surface area contributed by atoms with Gasteiger partial charge >= 0.3 is 0 Å².